The van der Waals surface area contributed by atoms with E-state index in [1.807, 2.05) is 29.6 Å². The number of carbonyl (C=O) groups excluding carboxylic acids is 1. The van der Waals surface area contributed by atoms with Gasteiger partial charge < -0.3 is 15.4 Å². The van der Waals surface area contributed by atoms with Gasteiger partial charge in [0.15, 0.2) is 0 Å². The van der Waals surface area contributed by atoms with Gasteiger partial charge in [0.2, 0.25) is 0 Å². The lowest BCUT2D eigenvalue weighted by Gasteiger charge is -2.29. The lowest BCUT2D eigenvalue weighted by atomic mass is 9.95. The molecule has 0 spiro atoms. The van der Waals surface area contributed by atoms with Crippen molar-refractivity contribution < 1.29 is 22.7 Å². The summed E-state index contributed by atoms with van der Waals surface area (Å²) in [6.07, 6.45) is -4.82. The molecule has 3 aromatic rings. The van der Waals surface area contributed by atoms with E-state index in [-0.39, 0.29) is 5.75 Å². The van der Waals surface area contributed by atoms with Gasteiger partial charge in [0.1, 0.15) is 10.8 Å². The van der Waals surface area contributed by atoms with Gasteiger partial charge in [-0.1, -0.05) is 36.4 Å². The van der Waals surface area contributed by atoms with Crippen LogP contribution in [0.4, 0.5) is 18.0 Å². The number of nitrogens with zero attached hydrogens (tertiary/aromatic N) is 2. The maximum absolute atomic E-state index is 12.9. The monoisotopic (exact) mass is 486 g/mol. The Balaban J connectivity index is 1.71. The van der Waals surface area contributed by atoms with Crippen LogP contribution in [0, 0.1) is 6.92 Å². The number of amides is 2. The highest BCUT2D eigenvalue weighted by Crippen LogP contribution is 2.39. The Bertz CT molecular complexity index is 1270. The van der Waals surface area contributed by atoms with Crippen molar-refractivity contribution in [2.45, 2.75) is 32.8 Å². The summed E-state index contributed by atoms with van der Waals surface area (Å²) < 4.78 is 42.8. The molecule has 176 valence electrons. The van der Waals surface area contributed by atoms with Crippen LogP contribution >= 0.6 is 11.3 Å². The molecule has 0 aliphatic carbocycles. The van der Waals surface area contributed by atoms with E-state index in [1.165, 1.54) is 30.4 Å². The molecule has 0 fully saturated rings. The summed E-state index contributed by atoms with van der Waals surface area (Å²) in [5.41, 5.74) is 4.71. The number of benzene rings is 2. The summed E-state index contributed by atoms with van der Waals surface area (Å²) >= 11 is 1.39. The first-order chi connectivity index (χ1) is 16.1. The molecule has 4 rings (SSSR count). The van der Waals surface area contributed by atoms with Crippen LogP contribution in [0.25, 0.3) is 16.8 Å². The number of aromatic nitrogens is 1. The van der Waals surface area contributed by atoms with Gasteiger partial charge >= 0.3 is 12.4 Å². The molecule has 10 heteroatoms. The van der Waals surface area contributed by atoms with E-state index in [0.29, 0.717) is 33.9 Å². The third-order valence-electron chi connectivity index (χ3n) is 5.32. The zero-order chi connectivity index (χ0) is 24.5. The van der Waals surface area contributed by atoms with Crippen LogP contribution in [0.15, 0.2) is 58.5 Å². The van der Waals surface area contributed by atoms with E-state index >= 15 is 0 Å². The first kappa shape index (κ1) is 23.5. The van der Waals surface area contributed by atoms with Crippen LogP contribution < -0.4 is 15.4 Å². The van der Waals surface area contributed by atoms with Gasteiger partial charge in [-0.2, -0.15) is 0 Å². The van der Waals surface area contributed by atoms with Gasteiger partial charge in [-0.25, -0.2) is 9.78 Å². The smallest absolute Gasteiger partial charge is 0.406 e. The SMILES string of the molecule is C=NCc1ccc(-c2csc(C3=C(C)NC(=O)NC3c3ccc(C)c(OC(F)(F)F)c3)n2)cc1. The number of aliphatic imine (C=N–C) groups is 1. The predicted octanol–water partition coefficient (Wildman–Crippen LogP) is 6.00. The molecule has 2 amide bonds. The summed E-state index contributed by atoms with van der Waals surface area (Å²) in [4.78, 5) is 20.9. The van der Waals surface area contributed by atoms with E-state index in [9.17, 15) is 18.0 Å². The van der Waals surface area contributed by atoms with Crippen LogP contribution in [0.5, 0.6) is 5.75 Å². The number of hydrogen-bond donors (Lipinski definition) is 2. The standard InChI is InChI=1S/C24H21F3N4O2S/c1-13-4-7-17(10-19(13)33-24(25,26)27)21-20(14(2)29-23(32)31-21)22-30-18(12-34-22)16-8-5-15(6-9-16)11-28-3/h4-10,12,21H,3,11H2,1-2H3,(H2,29,31,32). The molecular formula is C24H21F3N4O2S. The Labute approximate surface area is 198 Å². The average Bonchev–Trinajstić information content (AvgIpc) is 3.24. The first-order valence-electron chi connectivity index (χ1n) is 10.3. The highest BCUT2D eigenvalue weighted by atomic mass is 32.1. The molecule has 1 unspecified atom stereocenters. The fourth-order valence-corrected chi connectivity index (χ4v) is 4.66. The van der Waals surface area contributed by atoms with Gasteiger partial charge in [-0.05, 0) is 43.3 Å². The van der Waals surface area contributed by atoms with Crippen LogP contribution in [-0.2, 0) is 6.54 Å². The second-order valence-corrected chi connectivity index (χ2v) is 8.62. The molecule has 2 aromatic carbocycles. The van der Waals surface area contributed by atoms with Crippen molar-refractivity contribution in [2.75, 3.05) is 0 Å². The number of ether oxygens (including phenoxy) is 1. The van der Waals surface area contributed by atoms with Gasteiger partial charge in [0.25, 0.3) is 0 Å². The fraction of sp³-hybridized carbons (Fsp3) is 0.208. The summed E-state index contributed by atoms with van der Waals surface area (Å²) in [6, 6.07) is 11.1. The van der Waals surface area contributed by atoms with Crippen molar-refractivity contribution in [3.05, 3.63) is 75.2 Å². The first-order valence-corrected chi connectivity index (χ1v) is 11.1. The van der Waals surface area contributed by atoms with Gasteiger partial charge in [0.05, 0.1) is 18.3 Å². The second kappa shape index (κ2) is 9.30. The lowest BCUT2D eigenvalue weighted by molar-refractivity contribution is -0.274. The molecule has 2 N–H and O–H groups in total. The Kier molecular flexibility index (Phi) is 6.43. The fourth-order valence-electron chi connectivity index (χ4n) is 3.70. The number of allylic oxidation sites excluding steroid dienone is 1. The Morgan fingerprint density at radius 3 is 2.59 bits per heavy atom. The Morgan fingerprint density at radius 1 is 1.18 bits per heavy atom. The molecule has 2 heterocycles. The highest BCUT2D eigenvalue weighted by molar-refractivity contribution is 7.11. The van der Waals surface area contributed by atoms with E-state index in [1.54, 1.807) is 13.0 Å². The highest BCUT2D eigenvalue weighted by Gasteiger charge is 2.34. The zero-order valence-electron chi connectivity index (χ0n) is 18.4. The van der Waals surface area contributed by atoms with E-state index in [2.05, 4.69) is 27.1 Å². The van der Waals surface area contributed by atoms with Gasteiger partial charge in [-0.15, -0.1) is 24.5 Å². The predicted molar refractivity (Wildman–Crippen MR) is 126 cm³/mol. The largest absolute Gasteiger partial charge is 0.573 e. The molecular weight excluding hydrogens is 465 g/mol. The summed E-state index contributed by atoms with van der Waals surface area (Å²) in [5, 5.41) is 8.07. The number of rotatable bonds is 6. The number of aryl methyl sites for hydroxylation is 1. The molecule has 34 heavy (non-hydrogen) atoms. The number of alkyl halides is 3. The molecule has 0 saturated carbocycles. The van der Waals surface area contributed by atoms with Crippen molar-refractivity contribution in [3.8, 4) is 17.0 Å². The maximum Gasteiger partial charge on any atom is 0.573 e. The minimum absolute atomic E-state index is 0.316. The molecule has 0 saturated heterocycles. The molecule has 1 aliphatic heterocycles. The number of halogens is 3. The number of carbonyl (C=O) groups is 1. The number of urea groups is 1. The van der Waals surface area contributed by atoms with Crippen molar-refractivity contribution in [2.24, 2.45) is 4.99 Å². The Hall–Kier alpha value is -3.66. The van der Waals surface area contributed by atoms with Crippen LogP contribution in [0.3, 0.4) is 0 Å². The quantitative estimate of drug-likeness (QED) is 0.420. The minimum atomic E-state index is -4.82. The van der Waals surface area contributed by atoms with Gasteiger partial charge in [0, 0.05) is 22.2 Å². The molecule has 1 aromatic heterocycles. The third kappa shape index (κ3) is 5.12. The zero-order valence-corrected chi connectivity index (χ0v) is 19.2. The topological polar surface area (TPSA) is 75.6 Å². The van der Waals surface area contributed by atoms with E-state index in [0.717, 1.165) is 16.8 Å². The molecule has 0 bridgehead atoms. The van der Waals surface area contributed by atoms with Gasteiger partial charge in [-0.3, -0.25) is 4.99 Å². The summed E-state index contributed by atoms with van der Waals surface area (Å²) in [7, 11) is 0. The summed E-state index contributed by atoms with van der Waals surface area (Å²) in [6.45, 7) is 7.29. The normalized spacial score (nSPS) is 16.1. The third-order valence-corrected chi connectivity index (χ3v) is 6.19. The Morgan fingerprint density at radius 2 is 1.91 bits per heavy atom. The minimum Gasteiger partial charge on any atom is -0.406 e. The average molecular weight is 487 g/mol. The van der Waals surface area contributed by atoms with Crippen LogP contribution in [0.2, 0.25) is 0 Å². The van der Waals surface area contributed by atoms with E-state index in [4.69, 9.17) is 4.98 Å². The van der Waals surface area contributed by atoms with Crippen molar-refractivity contribution in [1.82, 2.24) is 15.6 Å². The number of nitrogens with one attached hydrogen (secondary N) is 2. The van der Waals surface area contributed by atoms with Crippen LogP contribution in [0.1, 0.15) is 34.7 Å². The second-order valence-electron chi connectivity index (χ2n) is 7.76. The molecule has 0 radical (unpaired) electrons. The van der Waals surface area contributed by atoms with Crippen molar-refractivity contribution >= 4 is 29.7 Å². The van der Waals surface area contributed by atoms with Crippen LogP contribution in [-0.4, -0.2) is 24.1 Å². The van der Waals surface area contributed by atoms with Crippen molar-refractivity contribution in [3.63, 3.8) is 0 Å². The molecule has 6 nitrogen and oxygen atoms in total. The maximum atomic E-state index is 12.9. The summed E-state index contributed by atoms with van der Waals surface area (Å²) in [5.74, 6) is -0.316. The van der Waals surface area contributed by atoms with Crippen molar-refractivity contribution in [1.29, 1.82) is 0 Å². The molecule has 1 atom stereocenters. The number of hydrogen-bond acceptors (Lipinski definition) is 5. The van der Waals surface area contributed by atoms with E-state index < -0.39 is 18.4 Å². The lowest BCUT2D eigenvalue weighted by Crippen LogP contribution is -2.42. The number of thiazole rings is 1. The molecule has 1 aliphatic rings.